The van der Waals surface area contributed by atoms with Gasteiger partial charge in [0.2, 0.25) is 0 Å². The predicted octanol–water partition coefficient (Wildman–Crippen LogP) is 2.55. The first kappa shape index (κ1) is 14.1. The molecule has 2 rings (SSSR count). The number of hydrogen-bond donors (Lipinski definition) is 2. The normalized spacial score (nSPS) is 18.1. The summed E-state index contributed by atoms with van der Waals surface area (Å²) in [5, 5.41) is 6.95. The number of benzene rings is 1. The highest BCUT2D eigenvalue weighted by Crippen LogP contribution is 2.22. The van der Waals surface area contributed by atoms with Gasteiger partial charge in [0.05, 0.1) is 18.9 Å². The van der Waals surface area contributed by atoms with Gasteiger partial charge in [-0.3, -0.25) is 0 Å². The second kappa shape index (κ2) is 7.31. The topological polar surface area (TPSA) is 42.5 Å². The van der Waals surface area contributed by atoms with Crippen molar-refractivity contribution in [1.29, 1.82) is 0 Å². The largest absolute Gasteiger partial charge is 0.495 e. The summed E-state index contributed by atoms with van der Waals surface area (Å²) in [6.07, 6.45) is 3.72. The maximum atomic E-state index is 5.57. The summed E-state index contributed by atoms with van der Waals surface area (Å²) in [5.74, 6) is 0.783. The molecule has 1 unspecified atom stereocenters. The summed E-state index contributed by atoms with van der Waals surface area (Å²) >= 11 is 5.27. The molecule has 1 aliphatic heterocycles. The Bertz CT molecular complexity index is 420. The van der Waals surface area contributed by atoms with Gasteiger partial charge in [0.25, 0.3) is 0 Å². The molecule has 1 heterocycles. The van der Waals surface area contributed by atoms with Crippen LogP contribution in [0.4, 0.5) is 5.69 Å². The Hall–Kier alpha value is -1.33. The average Bonchev–Trinajstić information content (AvgIpc) is 2.92. The van der Waals surface area contributed by atoms with Gasteiger partial charge in [-0.2, -0.15) is 0 Å². The molecule has 0 spiro atoms. The lowest BCUT2D eigenvalue weighted by molar-refractivity contribution is 0.105. The van der Waals surface area contributed by atoms with Gasteiger partial charge in [-0.15, -0.1) is 0 Å². The Labute approximate surface area is 119 Å². The van der Waals surface area contributed by atoms with Gasteiger partial charge in [-0.1, -0.05) is 12.1 Å². The second-order valence-corrected chi connectivity index (χ2v) is 4.91. The van der Waals surface area contributed by atoms with Crippen LogP contribution in [0.1, 0.15) is 19.3 Å². The lowest BCUT2D eigenvalue weighted by atomic mass is 10.2. The van der Waals surface area contributed by atoms with Crippen LogP contribution in [-0.2, 0) is 4.74 Å². The molecule has 1 aromatic rings. The molecule has 1 fully saturated rings. The quantitative estimate of drug-likeness (QED) is 0.811. The number of ether oxygens (including phenoxy) is 2. The first-order valence-electron chi connectivity index (χ1n) is 6.59. The Morgan fingerprint density at radius 2 is 2.32 bits per heavy atom. The van der Waals surface area contributed by atoms with Crippen LogP contribution in [0, 0.1) is 0 Å². The first-order valence-corrected chi connectivity index (χ1v) is 7.00. The fraction of sp³-hybridized carbons (Fsp3) is 0.500. The highest BCUT2D eigenvalue weighted by Gasteiger charge is 2.14. The van der Waals surface area contributed by atoms with E-state index in [0.29, 0.717) is 11.2 Å². The van der Waals surface area contributed by atoms with E-state index in [9.17, 15) is 0 Å². The van der Waals surface area contributed by atoms with E-state index in [2.05, 4.69) is 10.6 Å². The molecule has 1 saturated heterocycles. The summed E-state index contributed by atoms with van der Waals surface area (Å²) < 4.78 is 10.8. The summed E-state index contributed by atoms with van der Waals surface area (Å²) in [6, 6.07) is 7.71. The van der Waals surface area contributed by atoms with Crippen molar-refractivity contribution in [3.8, 4) is 5.75 Å². The Morgan fingerprint density at radius 1 is 1.47 bits per heavy atom. The van der Waals surface area contributed by atoms with E-state index in [0.717, 1.165) is 37.4 Å². The summed E-state index contributed by atoms with van der Waals surface area (Å²) in [6.45, 7) is 1.72. The number of methoxy groups -OCH3 is 1. The van der Waals surface area contributed by atoms with E-state index < -0.39 is 0 Å². The van der Waals surface area contributed by atoms with Crippen LogP contribution in [0.2, 0.25) is 0 Å². The molecule has 1 aromatic carbocycles. The van der Waals surface area contributed by atoms with E-state index >= 15 is 0 Å². The minimum absolute atomic E-state index is 0.390. The SMILES string of the molecule is COc1ccccc1NC(=S)NCCC1CCCO1. The molecule has 1 atom stereocenters. The van der Waals surface area contributed by atoms with E-state index in [1.807, 2.05) is 24.3 Å². The van der Waals surface area contributed by atoms with E-state index in [4.69, 9.17) is 21.7 Å². The summed E-state index contributed by atoms with van der Waals surface area (Å²) in [5.41, 5.74) is 0.875. The molecule has 0 bridgehead atoms. The van der Waals surface area contributed by atoms with Crippen LogP contribution < -0.4 is 15.4 Å². The molecule has 2 N–H and O–H groups in total. The van der Waals surface area contributed by atoms with Gasteiger partial charge in [0.1, 0.15) is 5.75 Å². The standard InChI is InChI=1S/C14H20N2O2S/c1-17-13-7-3-2-6-12(13)16-14(19)15-9-8-11-5-4-10-18-11/h2-3,6-7,11H,4-5,8-10H2,1H3,(H2,15,16,19). The van der Waals surface area contributed by atoms with Crippen molar-refractivity contribution in [3.63, 3.8) is 0 Å². The van der Waals surface area contributed by atoms with Crippen molar-refractivity contribution in [2.24, 2.45) is 0 Å². The predicted molar refractivity (Wildman–Crippen MR) is 80.8 cm³/mol. The van der Waals surface area contributed by atoms with Gasteiger partial charge >= 0.3 is 0 Å². The Balaban J connectivity index is 1.74. The number of nitrogens with one attached hydrogen (secondary N) is 2. The molecule has 5 heteroatoms. The fourth-order valence-electron chi connectivity index (χ4n) is 2.13. The number of hydrogen-bond acceptors (Lipinski definition) is 3. The van der Waals surface area contributed by atoms with Crippen LogP contribution >= 0.6 is 12.2 Å². The molecule has 19 heavy (non-hydrogen) atoms. The molecular weight excluding hydrogens is 260 g/mol. The number of thiocarbonyl (C=S) groups is 1. The minimum atomic E-state index is 0.390. The molecule has 0 radical (unpaired) electrons. The zero-order valence-corrected chi connectivity index (χ0v) is 12.0. The number of anilines is 1. The molecule has 0 amide bonds. The van der Waals surface area contributed by atoms with E-state index in [-0.39, 0.29) is 0 Å². The highest BCUT2D eigenvalue weighted by atomic mass is 32.1. The van der Waals surface area contributed by atoms with Crippen LogP contribution in [0.15, 0.2) is 24.3 Å². The van der Waals surface area contributed by atoms with Gasteiger partial charge in [-0.25, -0.2) is 0 Å². The monoisotopic (exact) mass is 280 g/mol. The summed E-state index contributed by atoms with van der Waals surface area (Å²) in [7, 11) is 1.65. The maximum absolute atomic E-state index is 5.57. The van der Waals surface area contributed by atoms with Crippen molar-refractivity contribution in [2.75, 3.05) is 25.6 Å². The van der Waals surface area contributed by atoms with Crippen molar-refractivity contribution in [2.45, 2.75) is 25.4 Å². The number of para-hydroxylation sites is 2. The van der Waals surface area contributed by atoms with Crippen molar-refractivity contribution in [3.05, 3.63) is 24.3 Å². The smallest absolute Gasteiger partial charge is 0.170 e. The van der Waals surface area contributed by atoms with E-state index in [1.54, 1.807) is 7.11 Å². The zero-order valence-electron chi connectivity index (χ0n) is 11.1. The third-order valence-corrected chi connectivity index (χ3v) is 3.38. The third kappa shape index (κ3) is 4.36. The van der Waals surface area contributed by atoms with Crippen molar-refractivity contribution in [1.82, 2.24) is 5.32 Å². The lowest BCUT2D eigenvalue weighted by Gasteiger charge is -2.14. The van der Waals surface area contributed by atoms with Gasteiger partial charge in [0.15, 0.2) is 5.11 Å². The molecule has 1 aliphatic rings. The molecule has 0 aliphatic carbocycles. The highest BCUT2D eigenvalue weighted by molar-refractivity contribution is 7.80. The van der Waals surface area contributed by atoms with Crippen LogP contribution in [-0.4, -0.2) is 31.5 Å². The van der Waals surface area contributed by atoms with Gasteiger partial charge in [-0.05, 0) is 43.6 Å². The second-order valence-electron chi connectivity index (χ2n) is 4.50. The van der Waals surface area contributed by atoms with Crippen molar-refractivity contribution >= 4 is 23.0 Å². The first-order chi connectivity index (χ1) is 9.29. The van der Waals surface area contributed by atoms with Crippen molar-refractivity contribution < 1.29 is 9.47 Å². The van der Waals surface area contributed by atoms with Crippen LogP contribution in [0.5, 0.6) is 5.75 Å². The molecule has 104 valence electrons. The molecule has 0 aromatic heterocycles. The average molecular weight is 280 g/mol. The number of rotatable bonds is 5. The van der Waals surface area contributed by atoms with Gasteiger partial charge in [0, 0.05) is 13.2 Å². The van der Waals surface area contributed by atoms with Crippen LogP contribution in [0.3, 0.4) is 0 Å². The Morgan fingerprint density at radius 3 is 3.05 bits per heavy atom. The maximum Gasteiger partial charge on any atom is 0.170 e. The third-order valence-electron chi connectivity index (χ3n) is 3.13. The van der Waals surface area contributed by atoms with Crippen LogP contribution in [0.25, 0.3) is 0 Å². The molecule has 4 nitrogen and oxygen atoms in total. The zero-order chi connectivity index (χ0) is 13.5. The molecular formula is C14H20N2O2S. The Kier molecular flexibility index (Phi) is 5.42. The fourth-order valence-corrected chi connectivity index (χ4v) is 2.35. The summed E-state index contributed by atoms with van der Waals surface area (Å²) in [4.78, 5) is 0. The van der Waals surface area contributed by atoms with E-state index in [1.165, 1.54) is 6.42 Å². The minimum Gasteiger partial charge on any atom is -0.495 e. The van der Waals surface area contributed by atoms with Gasteiger partial charge < -0.3 is 20.1 Å². The molecule has 0 saturated carbocycles. The lowest BCUT2D eigenvalue weighted by Crippen LogP contribution is -2.31.